The van der Waals surface area contributed by atoms with E-state index in [1.165, 1.54) is 36.8 Å². The fourth-order valence-corrected chi connectivity index (χ4v) is 2.17. The maximum Gasteiger partial charge on any atom is 0.0738 e. The summed E-state index contributed by atoms with van der Waals surface area (Å²) < 4.78 is 0. The van der Waals surface area contributed by atoms with Crippen molar-refractivity contribution in [3.63, 3.8) is 0 Å². The van der Waals surface area contributed by atoms with Crippen molar-refractivity contribution in [1.82, 2.24) is 9.97 Å². The number of pyridine rings is 2. The van der Waals surface area contributed by atoms with Crippen molar-refractivity contribution in [2.24, 2.45) is 0 Å². The van der Waals surface area contributed by atoms with Gasteiger partial charge in [-0.3, -0.25) is 9.97 Å². The lowest BCUT2D eigenvalue weighted by Crippen LogP contribution is -1.95. The Morgan fingerprint density at radius 2 is 2.06 bits per heavy atom. The lowest BCUT2D eigenvalue weighted by molar-refractivity contribution is 0.660. The first-order chi connectivity index (χ1) is 8.31. The van der Waals surface area contributed by atoms with E-state index >= 15 is 0 Å². The molecule has 0 radical (unpaired) electrons. The quantitative estimate of drug-likeness (QED) is 0.721. The van der Waals surface area contributed by atoms with E-state index < -0.39 is 0 Å². The van der Waals surface area contributed by atoms with Crippen LogP contribution in [0, 0.1) is 6.92 Å². The number of aryl methyl sites for hydroxylation is 2. The van der Waals surface area contributed by atoms with E-state index in [9.17, 15) is 0 Å². The zero-order chi connectivity index (χ0) is 12.1. The molecule has 0 aliphatic rings. The van der Waals surface area contributed by atoms with Gasteiger partial charge in [-0.2, -0.15) is 0 Å². The Kier molecular flexibility index (Phi) is 4.08. The number of unbranched alkanes of at least 4 members (excludes halogenated alkanes) is 3. The summed E-state index contributed by atoms with van der Waals surface area (Å²) in [6.07, 6.45) is 8.07. The second-order valence-corrected chi connectivity index (χ2v) is 4.58. The molecule has 0 amide bonds. The van der Waals surface area contributed by atoms with Crippen LogP contribution in [0.4, 0.5) is 0 Å². The van der Waals surface area contributed by atoms with Crippen LogP contribution in [0.1, 0.15) is 44.0 Å². The van der Waals surface area contributed by atoms with Gasteiger partial charge in [-0.25, -0.2) is 0 Å². The van der Waals surface area contributed by atoms with E-state index in [4.69, 9.17) is 0 Å². The summed E-state index contributed by atoms with van der Waals surface area (Å²) in [4.78, 5) is 9.07. The van der Waals surface area contributed by atoms with Crippen LogP contribution < -0.4 is 0 Å². The van der Waals surface area contributed by atoms with Gasteiger partial charge < -0.3 is 0 Å². The highest BCUT2D eigenvalue weighted by molar-refractivity contribution is 5.80. The molecule has 17 heavy (non-hydrogen) atoms. The van der Waals surface area contributed by atoms with E-state index in [0.29, 0.717) is 0 Å². The molecular weight excluding hydrogens is 208 g/mol. The molecule has 2 heterocycles. The number of nitrogens with zero attached hydrogens (tertiary/aromatic N) is 2. The predicted octanol–water partition coefficient (Wildman–Crippen LogP) is 4.06. The van der Waals surface area contributed by atoms with Gasteiger partial charge in [0.2, 0.25) is 0 Å². The standard InChI is InChI=1S/C15H20N2/c1-3-4-5-6-8-13-11-15-14(12(2)17-13)9-7-10-16-15/h7,9-11H,3-6,8H2,1-2H3. The van der Waals surface area contributed by atoms with Crippen LogP contribution >= 0.6 is 0 Å². The molecule has 2 nitrogen and oxygen atoms in total. The van der Waals surface area contributed by atoms with Crippen molar-refractivity contribution in [2.45, 2.75) is 46.0 Å². The van der Waals surface area contributed by atoms with E-state index in [2.05, 4.69) is 35.9 Å². The minimum absolute atomic E-state index is 1.07. The Balaban J connectivity index is 2.13. The molecule has 2 rings (SSSR count). The first-order valence-electron chi connectivity index (χ1n) is 6.52. The second-order valence-electron chi connectivity index (χ2n) is 4.58. The van der Waals surface area contributed by atoms with Gasteiger partial charge in [-0.05, 0) is 38.0 Å². The van der Waals surface area contributed by atoms with Gasteiger partial charge in [-0.15, -0.1) is 0 Å². The molecule has 0 saturated heterocycles. The summed E-state index contributed by atoms with van der Waals surface area (Å²) in [5, 5.41) is 1.17. The van der Waals surface area contributed by atoms with Crippen LogP contribution in [0.5, 0.6) is 0 Å². The van der Waals surface area contributed by atoms with Crippen LogP contribution in [-0.2, 0) is 6.42 Å². The van der Waals surface area contributed by atoms with Gasteiger partial charge >= 0.3 is 0 Å². The Morgan fingerprint density at radius 3 is 2.88 bits per heavy atom. The molecule has 0 fully saturated rings. The molecule has 0 unspecified atom stereocenters. The van der Waals surface area contributed by atoms with Gasteiger partial charge in [0.15, 0.2) is 0 Å². The highest BCUT2D eigenvalue weighted by Gasteiger charge is 2.02. The third-order valence-corrected chi connectivity index (χ3v) is 3.13. The monoisotopic (exact) mass is 228 g/mol. The third kappa shape index (κ3) is 3.02. The van der Waals surface area contributed by atoms with Gasteiger partial charge in [0, 0.05) is 23.0 Å². The van der Waals surface area contributed by atoms with Crippen LogP contribution in [0.15, 0.2) is 24.4 Å². The maximum atomic E-state index is 4.66. The number of rotatable bonds is 5. The van der Waals surface area contributed by atoms with Gasteiger partial charge in [0.1, 0.15) is 0 Å². The minimum atomic E-state index is 1.07. The summed E-state index contributed by atoms with van der Waals surface area (Å²) in [7, 11) is 0. The van der Waals surface area contributed by atoms with E-state index in [0.717, 1.165) is 17.6 Å². The SMILES string of the molecule is CCCCCCc1cc2ncccc2c(C)n1. The molecule has 0 saturated carbocycles. The molecule has 2 aromatic rings. The van der Waals surface area contributed by atoms with E-state index in [1.54, 1.807) is 0 Å². The van der Waals surface area contributed by atoms with Crippen LogP contribution in [0.3, 0.4) is 0 Å². The van der Waals surface area contributed by atoms with Crippen molar-refractivity contribution in [3.05, 3.63) is 35.8 Å². The van der Waals surface area contributed by atoms with Crippen molar-refractivity contribution >= 4 is 10.9 Å². The first-order valence-corrected chi connectivity index (χ1v) is 6.52. The number of hydrogen-bond acceptors (Lipinski definition) is 2. The molecule has 2 heteroatoms. The lowest BCUT2D eigenvalue weighted by Gasteiger charge is -2.05. The zero-order valence-corrected chi connectivity index (χ0v) is 10.7. The Labute approximate surface area is 103 Å². The van der Waals surface area contributed by atoms with Crippen LogP contribution in [-0.4, -0.2) is 9.97 Å². The van der Waals surface area contributed by atoms with Crippen LogP contribution in [0.25, 0.3) is 10.9 Å². The van der Waals surface area contributed by atoms with Crippen molar-refractivity contribution < 1.29 is 0 Å². The summed E-state index contributed by atoms with van der Waals surface area (Å²) in [6, 6.07) is 6.19. The first kappa shape index (κ1) is 12.0. The number of aromatic nitrogens is 2. The molecule has 0 atom stereocenters. The molecular formula is C15H20N2. The molecule has 0 aromatic carbocycles. The highest BCUT2D eigenvalue weighted by atomic mass is 14.7. The van der Waals surface area contributed by atoms with E-state index in [-0.39, 0.29) is 0 Å². The van der Waals surface area contributed by atoms with E-state index in [1.807, 2.05) is 12.3 Å². The fraction of sp³-hybridized carbons (Fsp3) is 0.467. The zero-order valence-electron chi connectivity index (χ0n) is 10.7. The van der Waals surface area contributed by atoms with Gasteiger partial charge in [-0.1, -0.05) is 26.2 Å². The molecule has 90 valence electrons. The Bertz CT molecular complexity index is 491. The normalized spacial score (nSPS) is 10.9. The van der Waals surface area contributed by atoms with Crippen molar-refractivity contribution in [1.29, 1.82) is 0 Å². The van der Waals surface area contributed by atoms with Gasteiger partial charge in [0.05, 0.1) is 5.52 Å². The summed E-state index contributed by atoms with van der Waals surface area (Å²) in [6.45, 7) is 4.31. The fourth-order valence-electron chi connectivity index (χ4n) is 2.17. The van der Waals surface area contributed by atoms with Gasteiger partial charge in [0.25, 0.3) is 0 Å². The lowest BCUT2D eigenvalue weighted by atomic mass is 10.1. The summed E-state index contributed by atoms with van der Waals surface area (Å²) in [5.41, 5.74) is 3.36. The maximum absolute atomic E-state index is 4.66. The average molecular weight is 228 g/mol. The summed E-state index contributed by atoms with van der Waals surface area (Å²) in [5.74, 6) is 0. The Morgan fingerprint density at radius 1 is 1.18 bits per heavy atom. The molecule has 0 N–H and O–H groups in total. The molecule has 0 aliphatic carbocycles. The largest absolute Gasteiger partial charge is 0.257 e. The second kappa shape index (κ2) is 5.76. The third-order valence-electron chi connectivity index (χ3n) is 3.13. The van der Waals surface area contributed by atoms with Crippen molar-refractivity contribution in [3.8, 4) is 0 Å². The number of fused-ring (bicyclic) bond motifs is 1. The Hall–Kier alpha value is -1.44. The van der Waals surface area contributed by atoms with Crippen molar-refractivity contribution in [2.75, 3.05) is 0 Å². The summed E-state index contributed by atoms with van der Waals surface area (Å²) >= 11 is 0. The average Bonchev–Trinajstić information content (AvgIpc) is 2.35. The topological polar surface area (TPSA) is 25.8 Å². The minimum Gasteiger partial charge on any atom is -0.257 e. The highest BCUT2D eigenvalue weighted by Crippen LogP contribution is 2.16. The molecule has 0 spiro atoms. The molecule has 2 aromatic heterocycles. The molecule has 0 aliphatic heterocycles. The van der Waals surface area contributed by atoms with Crippen LogP contribution in [0.2, 0.25) is 0 Å². The number of hydrogen-bond donors (Lipinski definition) is 0. The predicted molar refractivity (Wildman–Crippen MR) is 72.1 cm³/mol. The smallest absolute Gasteiger partial charge is 0.0738 e. The molecule has 0 bridgehead atoms.